The van der Waals surface area contributed by atoms with E-state index in [1.165, 1.54) is 29.5 Å². The molecule has 0 radical (unpaired) electrons. The molecule has 40 heavy (non-hydrogen) atoms. The summed E-state index contributed by atoms with van der Waals surface area (Å²) in [4.78, 5) is 24.8. The Bertz CT molecular complexity index is 1620. The van der Waals surface area contributed by atoms with E-state index in [1.807, 2.05) is 24.3 Å². The van der Waals surface area contributed by atoms with E-state index in [0.29, 0.717) is 29.0 Å². The maximum atomic E-state index is 13.3. The number of halogens is 1. The van der Waals surface area contributed by atoms with Crippen LogP contribution >= 0.6 is 15.9 Å². The van der Waals surface area contributed by atoms with E-state index in [1.54, 1.807) is 19.2 Å². The summed E-state index contributed by atoms with van der Waals surface area (Å²) in [6.07, 6.45) is 4.17. The Hall–Kier alpha value is -3.76. The molecule has 1 amide bonds. The highest BCUT2D eigenvalue weighted by Crippen LogP contribution is 2.22. The number of ether oxygens (including phenoxy) is 1. The van der Waals surface area contributed by atoms with Crippen LogP contribution in [0.5, 0.6) is 5.75 Å². The van der Waals surface area contributed by atoms with Gasteiger partial charge < -0.3 is 9.64 Å². The molecule has 4 aromatic rings. The standard InChI is InChI=1S/C30H29BrN4O4S/c1-39-25-10-4-6-21(18-25)12-13-28-27(29(36)34-40(37,38)26-11-5-9-24(31)19-26)20-32-30(33-28)35-16-14-22-7-2-3-8-23(22)15-17-35/h2-11,18-20H,12-17H2,1H3,(H,34,36). The molecule has 0 fully saturated rings. The van der Waals surface area contributed by atoms with E-state index in [-0.39, 0.29) is 10.5 Å². The fraction of sp³-hybridized carbons (Fsp3) is 0.233. The van der Waals surface area contributed by atoms with Gasteiger partial charge in [0, 0.05) is 23.8 Å². The van der Waals surface area contributed by atoms with Gasteiger partial charge in [-0.15, -0.1) is 0 Å². The van der Waals surface area contributed by atoms with Crippen molar-refractivity contribution in [3.05, 3.63) is 111 Å². The number of amides is 1. The topological polar surface area (TPSA) is 101 Å². The zero-order valence-electron chi connectivity index (χ0n) is 22.0. The van der Waals surface area contributed by atoms with Gasteiger partial charge in [-0.1, -0.05) is 58.4 Å². The average Bonchev–Trinajstić information content (AvgIpc) is 3.19. The molecule has 5 rings (SSSR count). The lowest BCUT2D eigenvalue weighted by Gasteiger charge is -2.21. The number of nitrogens with zero attached hydrogens (tertiary/aromatic N) is 3. The molecule has 2 heterocycles. The lowest BCUT2D eigenvalue weighted by atomic mass is 10.0. The molecule has 1 aliphatic rings. The molecular weight excluding hydrogens is 592 g/mol. The van der Waals surface area contributed by atoms with Crippen LogP contribution in [0.1, 0.15) is 32.7 Å². The van der Waals surface area contributed by atoms with Crippen LogP contribution in [0.4, 0.5) is 5.95 Å². The van der Waals surface area contributed by atoms with Crippen LogP contribution in [0.3, 0.4) is 0 Å². The van der Waals surface area contributed by atoms with Gasteiger partial charge in [0.25, 0.3) is 15.9 Å². The van der Waals surface area contributed by atoms with E-state index < -0.39 is 15.9 Å². The summed E-state index contributed by atoms with van der Waals surface area (Å²) in [6, 6.07) is 22.3. The zero-order chi connectivity index (χ0) is 28.1. The number of nitrogens with one attached hydrogen (secondary N) is 1. The van der Waals surface area contributed by atoms with Crippen LogP contribution < -0.4 is 14.4 Å². The van der Waals surface area contributed by atoms with Crippen LogP contribution in [-0.2, 0) is 35.7 Å². The van der Waals surface area contributed by atoms with Crippen LogP contribution in [-0.4, -0.2) is 44.5 Å². The van der Waals surface area contributed by atoms with Crippen LogP contribution in [0.2, 0.25) is 0 Å². The van der Waals surface area contributed by atoms with Crippen LogP contribution in [0, 0.1) is 0 Å². The first-order chi connectivity index (χ1) is 19.3. The second-order valence-corrected chi connectivity index (χ2v) is 12.1. The first kappa shape index (κ1) is 27.8. The molecule has 10 heteroatoms. The molecule has 0 spiro atoms. The molecule has 1 aliphatic heterocycles. The van der Waals surface area contributed by atoms with Gasteiger partial charge in [-0.3, -0.25) is 4.79 Å². The lowest BCUT2D eigenvalue weighted by Crippen LogP contribution is -2.33. The van der Waals surface area contributed by atoms with E-state index in [0.717, 1.165) is 37.2 Å². The van der Waals surface area contributed by atoms with Gasteiger partial charge in [0.2, 0.25) is 5.95 Å². The minimum atomic E-state index is -4.10. The minimum Gasteiger partial charge on any atom is -0.497 e. The zero-order valence-corrected chi connectivity index (χ0v) is 24.4. The molecule has 0 atom stereocenters. The van der Waals surface area contributed by atoms with E-state index >= 15 is 0 Å². The van der Waals surface area contributed by atoms with Crippen molar-refractivity contribution in [2.75, 3.05) is 25.1 Å². The molecule has 0 saturated heterocycles. The number of fused-ring (bicyclic) bond motifs is 1. The summed E-state index contributed by atoms with van der Waals surface area (Å²) in [5, 5.41) is 0. The predicted octanol–water partition coefficient (Wildman–Crippen LogP) is 4.76. The third kappa shape index (κ3) is 6.51. The smallest absolute Gasteiger partial charge is 0.268 e. The Balaban J connectivity index is 1.43. The quantitative estimate of drug-likeness (QED) is 0.303. The van der Waals surface area contributed by atoms with Gasteiger partial charge >= 0.3 is 0 Å². The van der Waals surface area contributed by atoms with Gasteiger partial charge in [-0.25, -0.2) is 23.1 Å². The third-order valence-corrected chi connectivity index (χ3v) is 8.74. The van der Waals surface area contributed by atoms with E-state index in [2.05, 4.69) is 54.8 Å². The molecule has 0 unspecified atom stereocenters. The fourth-order valence-corrected chi connectivity index (χ4v) is 6.33. The number of hydrogen-bond donors (Lipinski definition) is 1. The monoisotopic (exact) mass is 620 g/mol. The lowest BCUT2D eigenvalue weighted by molar-refractivity contribution is 0.0979. The number of aromatic nitrogens is 2. The number of aryl methyl sites for hydroxylation is 2. The minimum absolute atomic E-state index is 0.0187. The van der Waals surface area contributed by atoms with Crippen molar-refractivity contribution >= 4 is 37.8 Å². The largest absolute Gasteiger partial charge is 0.497 e. The van der Waals surface area contributed by atoms with Gasteiger partial charge in [0.05, 0.1) is 23.3 Å². The Morgan fingerprint density at radius 2 is 1.70 bits per heavy atom. The second-order valence-electron chi connectivity index (χ2n) is 9.53. The SMILES string of the molecule is COc1cccc(CCc2nc(N3CCc4ccccc4CC3)ncc2C(=O)NS(=O)(=O)c2cccc(Br)c2)c1. The summed E-state index contributed by atoms with van der Waals surface area (Å²) in [7, 11) is -2.49. The second kappa shape index (κ2) is 12.2. The molecule has 8 nitrogen and oxygen atoms in total. The van der Waals surface area contributed by atoms with Crippen molar-refractivity contribution in [3.63, 3.8) is 0 Å². The maximum absolute atomic E-state index is 13.3. The van der Waals surface area contributed by atoms with Crippen molar-refractivity contribution in [2.45, 2.75) is 30.6 Å². The van der Waals surface area contributed by atoms with E-state index in [4.69, 9.17) is 9.72 Å². The number of carbonyl (C=O) groups excluding carboxylic acids is 1. The Morgan fingerprint density at radius 3 is 2.40 bits per heavy atom. The molecule has 206 valence electrons. The number of rotatable bonds is 8. The highest BCUT2D eigenvalue weighted by molar-refractivity contribution is 9.10. The van der Waals surface area contributed by atoms with Gasteiger partial charge in [0.15, 0.2) is 0 Å². The van der Waals surface area contributed by atoms with Gasteiger partial charge in [-0.2, -0.15) is 0 Å². The summed E-state index contributed by atoms with van der Waals surface area (Å²) in [5.74, 6) is 0.498. The fourth-order valence-electron chi connectivity index (χ4n) is 4.77. The summed E-state index contributed by atoms with van der Waals surface area (Å²) >= 11 is 3.28. The summed E-state index contributed by atoms with van der Waals surface area (Å²) < 4.78 is 34.1. The highest BCUT2D eigenvalue weighted by atomic mass is 79.9. The van der Waals surface area contributed by atoms with Crippen molar-refractivity contribution in [2.24, 2.45) is 0 Å². The van der Waals surface area contributed by atoms with Crippen molar-refractivity contribution in [1.29, 1.82) is 0 Å². The number of hydrogen-bond acceptors (Lipinski definition) is 7. The van der Waals surface area contributed by atoms with Gasteiger partial charge in [0.1, 0.15) is 5.75 Å². The molecule has 1 N–H and O–H groups in total. The number of carbonyl (C=O) groups is 1. The Labute approximate surface area is 242 Å². The van der Waals surface area contributed by atoms with E-state index in [9.17, 15) is 13.2 Å². The normalized spacial score (nSPS) is 13.3. The van der Waals surface area contributed by atoms with Crippen LogP contribution in [0.25, 0.3) is 0 Å². The molecular formula is C30H29BrN4O4S. The van der Waals surface area contributed by atoms with Gasteiger partial charge in [-0.05, 0) is 72.7 Å². The summed E-state index contributed by atoms with van der Waals surface area (Å²) in [6.45, 7) is 1.49. The molecule has 0 saturated carbocycles. The molecule has 0 aliphatic carbocycles. The number of methoxy groups -OCH3 is 1. The van der Waals surface area contributed by atoms with Crippen molar-refractivity contribution < 1.29 is 17.9 Å². The van der Waals surface area contributed by atoms with Crippen molar-refractivity contribution in [1.82, 2.24) is 14.7 Å². The van der Waals surface area contributed by atoms with Crippen molar-refractivity contribution in [3.8, 4) is 5.75 Å². The Kier molecular flexibility index (Phi) is 8.46. The first-order valence-electron chi connectivity index (χ1n) is 13.0. The third-order valence-electron chi connectivity index (χ3n) is 6.92. The highest BCUT2D eigenvalue weighted by Gasteiger charge is 2.24. The molecule has 3 aromatic carbocycles. The Morgan fingerprint density at radius 1 is 0.975 bits per heavy atom. The average molecular weight is 622 g/mol. The van der Waals surface area contributed by atoms with Crippen LogP contribution in [0.15, 0.2) is 88.4 Å². The predicted molar refractivity (Wildman–Crippen MR) is 157 cm³/mol. The first-order valence-corrected chi connectivity index (χ1v) is 15.2. The maximum Gasteiger partial charge on any atom is 0.268 e. The summed E-state index contributed by atoms with van der Waals surface area (Å²) in [5.41, 5.74) is 4.26. The number of sulfonamides is 1. The molecule has 1 aromatic heterocycles. The molecule has 0 bridgehead atoms. The number of anilines is 1. The number of benzene rings is 3.